The highest BCUT2D eigenvalue weighted by Gasteiger charge is 2.27. The van der Waals surface area contributed by atoms with E-state index in [2.05, 4.69) is 10.00 Å². The largest absolute Gasteiger partial charge is 0.461 e. The Balaban J connectivity index is 2.31. The van der Waals surface area contributed by atoms with Crippen molar-refractivity contribution < 1.29 is 14.3 Å². The number of carbonyl (C=O) groups excluding carboxylic acids is 2. The normalized spacial score (nSPS) is 14.9. The number of fused-ring (bicyclic) bond motifs is 1. The molecule has 0 radical (unpaired) electrons. The van der Waals surface area contributed by atoms with Crippen molar-refractivity contribution in [2.24, 2.45) is 5.73 Å². The highest BCUT2D eigenvalue weighted by Crippen LogP contribution is 2.22. The van der Waals surface area contributed by atoms with Crippen molar-refractivity contribution >= 4 is 11.9 Å². The minimum absolute atomic E-state index is 0.215. The third kappa shape index (κ3) is 2.98. The molecular weight excluding hydrogens is 260 g/mol. The first-order valence-corrected chi connectivity index (χ1v) is 6.75. The Morgan fingerprint density at radius 2 is 2.20 bits per heavy atom. The molecule has 0 spiro atoms. The molecule has 2 heterocycles. The fourth-order valence-electron chi connectivity index (χ4n) is 2.39. The van der Waals surface area contributed by atoms with E-state index in [0.29, 0.717) is 25.4 Å². The Kier molecular flexibility index (Phi) is 4.39. The van der Waals surface area contributed by atoms with E-state index in [9.17, 15) is 9.59 Å². The van der Waals surface area contributed by atoms with Crippen LogP contribution in [-0.4, -0.2) is 46.8 Å². The van der Waals surface area contributed by atoms with Gasteiger partial charge in [-0.05, 0) is 14.0 Å². The lowest BCUT2D eigenvalue weighted by atomic mass is 10.1. The minimum Gasteiger partial charge on any atom is -0.461 e. The van der Waals surface area contributed by atoms with Crippen molar-refractivity contribution in [1.29, 1.82) is 0 Å². The predicted molar refractivity (Wildman–Crippen MR) is 72.0 cm³/mol. The first kappa shape index (κ1) is 14.5. The van der Waals surface area contributed by atoms with Gasteiger partial charge in [0.25, 0.3) is 0 Å². The summed E-state index contributed by atoms with van der Waals surface area (Å²) in [6.07, 6.45) is 1.02. The lowest BCUT2D eigenvalue weighted by Gasteiger charge is -2.23. The Morgan fingerprint density at radius 3 is 2.85 bits per heavy atom. The van der Waals surface area contributed by atoms with Gasteiger partial charge in [0, 0.05) is 43.7 Å². The number of nitrogens with two attached hydrogens (primary N) is 1. The fraction of sp³-hybridized carbons (Fsp3) is 0.615. The number of amides is 1. The van der Waals surface area contributed by atoms with E-state index >= 15 is 0 Å². The number of hydrogen-bond acceptors (Lipinski definition) is 5. The second-order valence-electron chi connectivity index (χ2n) is 4.92. The van der Waals surface area contributed by atoms with Gasteiger partial charge in [0.15, 0.2) is 5.69 Å². The van der Waals surface area contributed by atoms with Crippen LogP contribution in [0.3, 0.4) is 0 Å². The molecule has 0 unspecified atom stereocenters. The Hall–Kier alpha value is -1.89. The number of aromatic nitrogens is 2. The van der Waals surface area contributed by atoms with Gasteiger partial charge in [0.1, 0.15) is 0 Å². The van der Waals surface area contributed by atoms with Crippen molar-refractivity contribution in [2.75, 3.05) is 20.2 Å². The zero-order valence-corrected chi connectivity index (χ0v) is 11.9. The molecule has 1 aromatic rings. The van der Waals surface area contributed by atoms with E-state index in [1.807, 2.05) is 7.05 Å². The van der Waals surface area contributed by atoms with Crippen LogP contribution in [0.15, 0.2) is 0 Å². The first-order chi connectivity index (χ1) is 9.52. The van der Waals surface area contributed by atoms with Crippen LogP contribution >= 0.6 is 0 Å². The Morgan fingerprint density at radius 1 is 1.45 bits per heavy atom. The van der Waals surface area contributed by atoms with Crippen LogP contribution in [0.5, 0.6) is 0 Å². The molecule has 0 saturated carbocycles. The number of ether oxygens (including phenoxy) is 1. The molecule has 0 saturated heterocycles. The number of aryl methyl sites for hydroxylation is 1. The van der Waals surface area contributed by atoms with Crippen molar-refractivity contribution in [3.8, 4) is 0 Å². The monoisotopic (exact) mass is 280 g/mol. The van der Waals surface area contributed by atoms with Crippen LogP contribution in [0, 0.1) is 0 Å². The third-order valence-corrected chi connectivity index (χ3v) is 3.36. The zero-order valence-electron chi connectivity index (χ0n) is 11.9. The van der Waals surface area contributed by atoms with Crippen LogP contribution in [0.1, 0.15) is 35.1 Å². The number of rotatable bonds is 5. The molecular formula is C13H20N4O3. The van der Waals surface area contributed by atoms with Crippen molar-refractivity contribution in [1.82, 2.24) is 14.7 Å². The van der Waals surface area contributed by atoms with Crippen LogP contribution in [0.4, 0.5) is 0 Å². The Bertz CT molecular complexity index is 524. The van der Waals surface area contributed by atoms with Gasteiger partial charge in [-0.3, -0.25) is 9.48 Å². The molecule has 0 aliphatic carbocycles. The summed E-state index contributed by atoms with van der Waals surface area (Å²) in [5.41, 5.74) is 7.44. The molecule has 1 aliphatic rings. The van der Waals surface area contributed by atoms with Crippen LogP contribution in [0.25, 0.3) is 0 Å². The summed E-state index contributed by atoms with van der Waals surface area (Å²) in [5, 5.41) is 4.32. The lowest BCUT2D eigenvalue weighted by molar-refractivity contribution is -0.118. The molecule has 0 aromatic carbocycles. The van der Waals surface area contributed by atoms with E-state index < -0.39 is 5.97 Å². The first-order valence-electron chi connectivity index (χ1n) is 6.75. The maximum Gasteiger partial charge on any atom is 0.359 e. The van der Waals surface area contributed by atoms with Crippen LogP contribution in [-0.2, 0) is 29.0 Å². The molecule has 1 amide bonds. The summed E-state index contributed by atoms with van der Waals surface area (Å²) in [6.45, 7) is 4.05. The van der Waals surface area contributed by atoms with Crippen LogP contribution in [0.2, 0.25) is 0 Å². The molecule has 1 aliphatic heterocycles. The summed E-state index contributed by atoms with van der Waals surface area (Å²) in [5.74, 6) is -0.781. The van der Waals surface area contributed by atoms with Gasteiger partial charge in [-0.15, -0.1) is 0 Å². The van der Waals surface area contributed by atoms with E-state index in [0.717, 1.165) is 24.2 Å². The summed E-state index contributed by atoms with van der Waals surface area (Å²) in [7, 11) is 2.00. The smallest absolute Gasteiger partial charge is 0.359 e. The van der Waals surface area contributed by atoms with Gasteiger partial charge in [-0.25, -0.2) is 4.79 Å². The number of primary amides is 1. The molecule has 7 heteroatoms. The van der Waals surface area contributed by atoms with Gasteiger partial charge in [0.05, 0.1) is 6.61 Å². The molecule has 0 bridgehead atoms. The maximum absolute atomic E-state index is 12.0. The van der Waals surface area contributed by atoms with E-state index in [1.54, 1.807) is 11.6 Å². The molecule has 2 N–H and O–H groups in total. The van der Waals surface area contributed by atoms with Crippen molar-refractivity contribution in [3.05, 3.63) is 17.0 Å². The van der Waals surface area contributed by atoms with Crippen molar-refractivity contribution in [2.45, 2.75) is 32.9 Å². The molecule has 110 valence electrons. The zero-order chi connectivity index (χ0) is 14.7. The topological polar surface area (TPSA) is 90.5 Å². The summed E-state index contributed by atoms with van der Waals surface area (Å²) >= 11 is 0. The number of likely N-dealkylation sites (N-methyl/N-ethyl adjacent to an activating group) is 1. The van der Waals surface area contributed by atoms with Gasteiger partial charge in [-0.1, -0.05) is 0 Å². The highest BCUT2D eigenvalue weighted by molar-refractivity contribution is 5.89. The third-order valence-electron chi connectivity index (χ3n) is 3.36. The average molecular weight is 280 g/mol. The number of esters is 1. The highest BCUT2D eigenvalue weighted by atomic mass is 16.5. The second-order valence-corrected chi connectivity index (χ2v) is 4.92. The van der Waals surface area contributed by atoms with Crippen molar-refractivity contribution in [3.63, 3.8) is 0 Å². The van der Waals surface area contributed by atoms with Gasteiger partial charge >= 0.3 is 5.97 Å². The number of nitrogens with zero attached hydrogens (tertiary/aromatic N) is 3. The van der Waals surface area contributed by atoms with Gasteiger partial charge in [-0.2, -0.15) is 5.10 Å². The summed E-state index contributed by atoms with van der Waals surface area (Å²) in [6, 6.07) is 0. The van der Waals surface area contributed by atoms with Gasteiger partial charge in [0.2, 0.25) is 5.91 Å². The quantitative estimate of drug-likeness (QED) is 0.762. The molecule has 0 fully saturated rings. The molecule has 1 aromatic heterocycles. The SMILES string of the molecule is CCOC(=O)c1nn(CCC(N)=O)c2c1CN(C)CC2. The molecule has 2 rings (SSSR count). The van der Waals surface area contributed by atoms with E-state index in [-0.39, 0.29) is 12.3 Å². The fourth-order valence-corrected chi connectivity index (χ4v) is 2.39. The van der Waals surface area contributed by atoms with E-state index in [1.165, 1.54) is 0 Å². The lowest BCUT2D eigenvalue weighted by Crippen LogP contribution is -2.28. The molecule has 20 heavy (non-hydrogen) atoms. The average Bonchev–Trinajstić information content (AvgIpc) is 2.74. The summed E-state index contributed by atoms with van der Waals surface area (Å²) < 4.78 is 6.76. The molecule has 7 nitrogen and oxygen atoms in total. The van der Waals surface area contributed by atoms with Crippen LogP contribution < -0.4 is 5.73 Å². The summed E-state index contributed by atoms with van der Waals surface area (Å²) in [4.78, 5) is 25.0. The van der Waals surface area contributed by atoms with E-state index in [4.69, 9.17) is 10.5 Å². The predicted octanol–water partition coefficient (Wildman–Crippen LogP) is -0.0769. The maximum atomic E-state index is 12.0. The standard InChI is InChI=1S/C13H20N4O3/c1-3-20-13(19)12-9-8-16(2)6-4-10(9)17(15-12)7-5-11(14)18/h3-8H2,1-2H3,(H2,14,18). The number of carbonyl (C=O) groups is 2. The second kappa shape index (κ2) is 6.04. The van der Waals surface area contributed by atoms with Gasteiger partial charge < -0.3 is 15.4 Å². The number of hydrogen-bond donors (Lipinski definition) is 1. The minimum atomic E-state index is -0.406. The molecule has 0 atom stereocenters. The Labute approximate surface area is 117 Å².